The predicted octanol–water partition coefficient (Wildman–Crippen LogP) is 1.31. The summed E-state index contributed by atoms with van der Waals surface area (Å²) in [4.78, 5) is 38.5. The number of nitrogens with two attached hydrogens (primary N) is 1. The quantitative estimate of drug-likeness (QED) is 0.548. The Morgan fingerprint density at radius 2 is 1.57 bits per heavy atom. The molecule has 1 fully saturated rings. The molecule has 7 nitrogen and oxygen atoms in total. The first-order valence-corrected chi connectivity index (χ1v) is 9.30. The number of imide groups is 1. The number of carbonyl (C=O) groups excluding carboxylic acids is 3. The molecule has 28 heavy (non-hydrogen) atoms. The van der Waals surface area contributed by atoms with E-state index in [1.54, 1.807) is 18.2 Å². The van der Waals surface area contributed by atoms with Crippen LogP contribution in [0.3, 0.4) is 0 Å². The molecular formula is C21H24N4O3. The smallest absolute Gasteiger partial charge is 0.316 e. The average molecular weight is 380 g/mol. The second kappa shape index (κ2) is 9.14. The summed E-state index contributed by atoms with van der Waals surface area (Å²) in [7, 11) is 0. The minimum Gasteiger partial charge on any atom is -0.398 e. The molecular weight excluding hydrogens is 356 g/mol. The molecule has 146 valence electrons. The maximum Gasteiger partial charge on any atom is 0.316 e. The van der Waals surface area contributed by atoms with Crippen LogP contribution in [0, 0.1) is 0 Å². The van der Waals surface area contributed by atoms with Crippen LogP contribution in [-0.4, -0.2) is 41.8 Å². The maximum absolute atomic E-state index is 12.1. The number of para-hydroxylation sites is 1. The van der Waals surface area contributed by atoms with Crippen molar-refractivity contribution in [3.63, 3.8) is 0 Å². The lowest BCUT2D eigenvalue weighted by Gasteiger charge is -2.32. The van der Waals surface area contributed by atoms with E-state index in [0.29, 0.717) is 0 Å². The molecule has 1 aliphatic heterocycles. The third-order valence-corrected chi connectivity index (χ3v) is 4.81. The van der Waals surface area contributed by atoms with Crippen molar-refractivity contribution in [2.24, 2.45) is 0 Å². The van der Waals surface area contributed by atoms with Crippen molar-refractivity contribution in [3.05, 3.63) is 65.7 Å². The first-order valence-electron chi connectivity index (χ1n) is 9.30. The summed E-state index contributed by atoms with van der Waals surface area (Å²) in [5.41, 5.74) is 7.38. The van der Waals surface area contributed by atoms with E-state index in [-0.39, 0.29) is 17.3 Å². The molecule has 7 heteroatoms. The molecule has 3 amide bonds. The average Bonchev–Trinajstić information content (AvgIpc) is 2.70. The second-order valence-electron chi connectivity index (χ2n) is 6.88. The number of nitrogen functional groups attached to an aromatic ring is 1. The summed E-state index contributed by atoms with van der Waals surface area (Å²) in [6.07, 6.45) is 1.51. The fraction of sp³-hybridized carbons (Fsp3) is 0.286. The molecule has 0 aromatic heterocycles. The van der Waals surface area contributed by atoms with Crippen LogP contribution in [0.25, 0.3) is 0 Å². The van der Waals surface area contributed by atoms with Crippen LogP contribution in [0.4, 0.5) is 5.69 Å². The van der Waals surface area contributed by atoms with Gasteiger partial charge in [-0.05, 0) is 30.5 Å². The number of carbonyl (C=O) groups is 3. The minimum atomic E-state index is -0.972. The van der Waals surface area contributed by atoms with E-state index in [1.807, 2.05) is 18.2 Å². The summed E-state index contributed by atoms with van der Waals surface area (Å²) in [5, 5.41) is 4.80. The molecule has 1 saturated heterocycles. The zero-order chi connectivity index (χ0) is 19.9. The van der Waals surface area contributed by atoms with Gasteiger partial charge < -0.3 is 11.1 Å². The minimum absolute atomic E-state index is 0.0813. The van der Waals surface area contributed by atoms with Gasteiger partial charge in [-0.3, -0.25) is 24.6 Å². The number of benzene rings is 2. The van der Waals surface area contributed by atoms with Gasteiger partial charge in [0.25, 0.3) is 5.91 Å². The fourth-order valence-corrected chi connectivity index (χ4v) is 3.26. The first-order chi connectivity index (χ1) is 13.5. The molecule has 2 aromatic carbocycles. The van der Waals surface area contributed by atoms with Crippen LogP contribution in [0.1, 0.15) is 28.8 Å². The molecule has 0 saturated carbocycles. The van der Waals surface area contributed by atoms with E-state index >= 15 is 0 Å². The van der Waals surface area contributed by atoms with Gasteiger partial charge in [0.15, 0.2) is 0 Å². The lowest BCUT2D eigenvalue weighted by molar-refractivity contribution is -0.139. The Morgan fingerprint density at radius 3 is 2.25 bits per heavy atom. The van der Waals surface area contributed by atoms with E-state index in [4.69, 9.17) is 5.73 Å². The van der Waals surface area contributed by atoms with Crippen LogP contribution >= 0.6 is 0 Å². The van der Waals surface area contributed by atoms with Gasteiger partial charge in [-0.25, -0.2) is 0 Å². The largest absolute Gasteiger partial charge is 0.398 e. The number of nitrogens with one attached hydrogen (secondary N) is 2. The number of piperidine rings is 1. The molecule has 2 aromatic rings. The van der Waals surface area contributed by atoms with Gasteiger partial charge in [0.2, 0.25) is 0 Å². The van der Waals surface area contributed by atoms with E-state index in [0.717, 1.165) is 32.5 Å². The molecule has 1 heterocycles. The molecule has 0 radical (unpaired) electrons. The molecule has 3 rings (SSSR count). The normalized spacial score (nSPS) is 15.0. The van der Waals surface area contributed by atoms with Crippen LogP contribution in [0.5, 0.6) is 0 Å². The standard InChI is InChI=1S/C21H24N4O3/c22-18-9-5-4-8-17(18)19(26)24-21(28)20(27)23-16-10-12-25(13-11-16)14-15-6-2-1-3-7-15/h1-9,16H,10-14,22H2,(H,23,27)(H,24,26,28). The Balaban J connectivity index is 1.44. The van der Waals surface area contributed by atoms with Gasteiger partial charge >= 0.3 is 11.8 Å². The number of hydrogen-bond donors (Lipinski definition) is 3. The first kappa shape index (κ1) is 19.6. The molecule has 0 aliphatic carbocycles. The van der Waals surface area contributed by atoms with E-state index < -0.39 is 17.7 Å². The third kappa shape index (κ3) is 5.17. The second-order valence-corrected chi connectivity index (χ2v) is 6.88. The van der Waals surface area contributed by atoms with Crippen molar-refractivity contribution >= 4 is 23.4 Å². The summed E-state index contributed by atoms with van der Waals surface area (Å²) in [5.74, 6) is -2.46. The number of amides is 3. The Bertz CT molecular complexity index is 846. The van der Waals surface area contributed by atoms with E-state index in [2.05, 4.69) is 27.7 Å². The SMILES string of the molecule is Nc1ccccc1C(=O)NC(=O)C(=O)NC1CCN(Cc2ccccc2)CC1. The Morgan fingerprint density at radius 1 is 0.929 bits per heavy atom. The van der Waals surface area contributed by atoms with Gasteiger partial charge in [-0.15, -0.1) is 0 Å². The topological polar surface area (TPSA) is 105 Å². The van der Waals surface area contributed by atoms with E-state index in [9.17, 15) is 14.4 Å². The van der Waals surface area contributed by atoms with Crippen molar-refractivity contribution < 1.29 is 14.4 Å². The summed E-state index contributed by atoms with van der Waals surface area (Å²) in [6, 6.07) is 16.5. The highest BCUT2D eigenvalue weighted by atomic mass is 16.2. The molecule has 0 spiro atoms. The molecule has 1 aliphatic rings. The zero-order valence-corrected chi connectivity index (χ0v) is 15.6. The maximum atomic E-state index is 12.1. The van der Waals surface area contributed by atoms with Gasteiger partial charge in [0, 0.05) is 31.4 Å². The molecule has 0 bridgehead atoms. The molecule has 0 unspecified atom stereocenters. The number of rotatable bonds is 4. The Hall–Kier alpha value is -3.19. The predicted molar refractivity (Wildman–Crippen MR) is 106 cm³/mol. The van der Waals surface area contributed by atoms with Gasteiger partial charge in [-0.2, -0.15) is 0 Å². The lowest BCUT2D eigenvalue weighted by Crippen LogP contribution is -2.49. The summed E-state index contributed by atoms with van der Waals surface area (Å²) in [6.45, 7) is 2.54. The highest BCUT2D eigenvalue weighted by molar-refractivity contribution is 6.38. The van der Waals surface area contributed by atoms with Crippen LogP contribution < -0.4 is 16.4 Å². The Labute approximate surface area is 163 Å². The lowest BCUT2D eigenvalue weighted by atomic mass is 10.0. The van der Waals surface area contributed by atoms with Crippen molar-refractivity contribution in [1.82, 2.24) is 15.5 Å². The highest BCUT2D eigenvalue weighted by Crippen LogP contribution is 2.14. The van der Waals surface area contributed by atoms with Crippen LogP contribution in [0.15, 0.2) is 54.6 Å². The van der Waals surface area contributed by atoms with E-state index in [1.165, 1.54) is 11.6 Å². The van der Waals surface area contributed by atoms with Crippen molar-refractivity contribution in [2.75, 3.05) is 18.8 Å². The highest BCUT2D eigenvalue weighted by Gasteiger charge is 2.25. The van der Waals surface area contributed by atoms with Crippen molar-refractivity contribution in [2.45, 2.75) is 25.4 Å². The molecule has 0 atom stereocenters. The van der Waals surface area contributed by atoms with Gasteiger partial charge in [-0.1, -0.05) is 42.5 Å². The summed E-state index contributed by atoms with van der Waals surface area (Å²) >= 11 is 0. The number of likely N-dealkylation sites (tertiary alicyclic amines) is 1. The van der Waals surface area contributed by atoms with Crippen LogP contribution in [-0.2, 0) is 16.1 Å². The number of nitrogens with zero attached hydrogens (tertiary/aromatic N) is 1. The van der Waals surface area contributed by atoms with Gasteiger partial charge in [0.1, 0.15) is 0 Å². The summed E-state index contributed by atoms with van der Waals surface area (Å²) < 4.78 is 0. The van der Waals surface area contributed by atoms with Crippen molar-refractivity contribution in [1.29, 1.82) is 0 Å². The third-order valence-electron chi connectivity index (χ3n) is 4.81. The van der Waals surface area contributed by atoms with Crippen molar-refractivity contribution in [3.8, 4) is 0 Å². The molecule has 4 N–H and O–H groups in total. The zero-order valence-electron chi connectivity index (χ0n) is 15.6. The number of anilines is 1. The number of hydrogen-bond acceptors (Lipinski definition) is 5. The Kier molecular flexibility index (Phi) is 6.39. The van der Waals surface area contributed by atoms with Crippen LogP contribution in [0.2, 0.25) is 0 Å². The monoisotopic (exact) mass is 380 g/mol. The fourth-order valence-electron chi connectivity index (χ4n) is 3.26. The van der Waals surface area contributed by atoms with Gasteiger partial charge in [0.05, 0.1) is 5.56 Å².